The number of nitrogens with zero attached hydrogens (tertiary/aromatic N) is 2. The summed E-state index contributed by atoms with van der Waals surface area (Å²) in [4.78, 5) is 0. The van der Waals surface area contributed by atoms with Gasteiger partial charge in [0.15, 0.2) is 0 Å². The minimum atomic E-state index is 0.530. The SMILES string of the molecule is CCNCC(C)c1ccc(Cn2nc(C)c(Cl)c2C)cc1. The van der Waals surface area contributed by atoms with Crippen molar-refractivity contribution in [3.63, 3.8) is 0 Å². The van der Waals surface area contributed by atoms with Crippen LogP contribution in [0.1, 0.15) is 42.3 Å². The summed E-state index contributed by atoms with van der Waals surface area (Å²) in [5, 5.41) is 8.64. The summed E-state index contributed by atoms with van der Waals surface area (Å²) in [5.41, 5.74) is 4.53. The molecule has 0 aliphatic carbocycles. The Kier molecular flexibility index (Phi) is 5.43. The molecule has 0 bridgehead atoms. The van der Waals surface area contributed by atoms with Gasteiger partial charge in [0.05, 0.1) is 23.0 Å². The summed E-state index contributed by atoms with van der Waals surface area (Å²) in [6.45, 7) is 11.1. The highest BCUT2D eigenvalue weighted by Crippen LogP contribution is 2.21. The Morgan fingerprint density at radius 2 is 1.90 bits per heavy atom. The zero-order valence-corrected chi connectivity index (χ0v) is 14.0. The highest BCUT2D eigenvalue weighted by Gasteiger charge is 2.10. The Balaban J connectivity index is 2.07. The molecule has 1 N–H and O–H groups in total. The van der Waals surface area contributed by atoms with Crippen molar-refractivity contribution in [1.29, 1.82) is 0 Å². The van der Waals surface area contributed by atoms with E-state index in [1.54, 1.807) is 0 Å². The van der Waals surface area contributed by atoms with Crippen molar-refractivity contribution in [3.8, 4) is 0 Å². The molecule has 0 fully saturated rings. The first kappa shape index (κ1) is 16.1. The normalized spacial score (nSPS) is 12.6. The zero-order valence-electron chi connectivity index (χ0n) is 13.3. The van der Waals surface area contributed by atoms with Gasteiger partial charge in [0.2, 0.25) is 0 Å². The number of nitrogens with one attached hydrogen (secondary N) is 1. The molecule has 0 aliphatic rings. The van der Waals surface area contributed by atoms with Crippen LogP contribution in [0.15, 0.2) is 24.3 Å². The third-order valence-electron chi connectivity index (χ3n) is 3.87. The van der Waals surface area contributed by atoms with Gasteiger partial charge in [-0.15, -0.1) is 0 Å². The van der Waals surface area contributed by atoms with Crippen molar-refractivity contribution in [2.75, 3.05) is 13.1 Å². The fourth-order valence-corrected chi connectivity index (χ4v) is 2.57. The largest absolute Gasteiger partial charge is 0.316 e. The summed E-state index contributed by atoms with van der Waals surface area (Å²) < 4.78 is 1.97. The fraction of sp³-hybridized carbons (Fsp3) is 0.471. The lowest BCUT2D eigenvalue weighted by Crippen LogP contribution is -2.19. The Hall–Kier alpha value is -1.32. The fourth-order valence-electron chi connectivity index (χ4n) is 2.43. The lowest BCUT2D eigenvalue weighted by Gasteiger charge is -2.13. The van der Waals surface area contributed by atoms with Crippen LogP contribution in [0.3, 0.4) is 0 Å². The van der Waals surface area contributed by atoms with Gasteiger partial charge in [-0.2, -0.15) is 5.10 Å². The molecule has 1 aromatic carbocycles. The number of hydrogen-bond acceptors (Lipinski definition) is 2. The lowest BCUT2D eigenvalue weighted by atomic mass is 10.00. The van der Waals surface area contributed by atoms with Gasteiger partial charge >= 0.3 is 0 Å². The molecular weight excluding hydrogens is 282 g/mol. The van der Waals surface area contributed by atoms with Crippen LogP contribution in [0.4, 0.5) is 0 Å². The van der Waals surface area contributed by atoms with E-state index in [9.17, 15) is 0 Å². The van der Waals surface area contributed by atoms with Gasteiger partial charge in [-0.25, -0.2) is 0 Å². The number of rotatable bonds is 6. The second-order valence-corrected chi connectivity index (χ2v) is 5.97. The molecule has 21 heavy (non-hydrogen) atoms. The molecule has 1 unspecified atom stereocenters. The Morgan fingerprint density at radius 3 is 2.43 bits per heavy atom. The van der Waals surface area contributed by atoms with E-state index in [1.807, 2.05) is 18.5 Å². The molecule has 2 aromatic rings. The number of aromatic nitrogens is 2. The summed E-state index contributed by atoms with van der Waals surface area (Å²) in [6.07, 6.45) is 0. The van der Waals surface area contributed by atoms with Gasteiger partial charge in [-0.05, 0) is 37.4 Å². The van der Waals surface area contributed by atoms with Crippen molar-refractivity contribution in [1.82, 2.24) is 15.1 Å². The smallest absolute Gasteiger partial charge is 0.0844 e. The van der Waals surface area contributed by atoms with Crippen molar-refractivity contribution >= 4 is 11.6 Å². The molecule has 0 aliphatic heterocycles. The maximum atomic E-state index is 6.19. The Morgan fingerprint density at radius 1 is 1.24 bits per heavy atom. The first-order valence-corrected chi connectivity index (χ1v) is 7.89. The van der Waals surface area contributed by atoms with Crippen LogP contribution in [-0.4, -0.2) is 22.9 Å². The summed E-state index contributed by atoms with van der Waals surface area (Å²) in [7, 11) is 0. The number of halogens is 1. The van der Waals surface area contributed by atoms with E-state index in [1.165, 1.54) is 11.1 Å². The summed E-state index contributed by atoms with van der Waals surface area (Å²) in [5.74, 6) is 0.530. The first-order valence-electron chi connectivity index (χ1n) is 7.52. The first-order chi connectivity index (χ1) is 10.0. The monoisotopic (exact) mass is 305 g/mol. The summed E-state index contributed by atoms with van der Waals surface area (Å²) >= 11 is 6.19. The molecule has 0 spiro atoms. The van der Waals surface area contributed by atoms with Gasteiger partial charge in [-0.3, -0.25) is 4.68 Å². The molecule has 3 nitrogen and oxygen atoms in total. The second kappa shape index (κ2) is 7.10. The Bertz CT molecular complexity index is 587. The van der Waals surface area contributed by atoms with Gasteiger partial charge in [-0.1, -0.05) is 49.7 Å². The molecule has 0 saturated carbocycles. The molecule has 1 heterocycles. The highest BCUT2D eigenvalue weighted by molar-refractivity contribution is 6.31. The van der Waals surface area contributed by atoms with E-state index in [0.717, 1.165) is 36.0 Å². The maximum absolute atomic E-state index is 6.19. The van der Waals surface area contributed by atoms with Crippen molar-refractivity contribution in [2.45, 2.75) is 40.2 Å². The van der Waals surface area contributed by atoms with Crippen LogP contribution >= 0.6 is 11.6 Å². The van der Waals surface area contributed by atoms with Crippen LogP contribution in [0.25, 0.3) is 0 Å². The van der Waals surface area contributed by atoms with Gasteiger partial charge in [0.1, 0.15) is 0 Å². The lowest BCUT2D eigenvalue weighted by molar-refractivity contribution is 0.633. The van der Waals surface area contributed by atoms with Crippen molar-refractivity contribution in [2.24, 2.45) is 0 Å². The second-order valence-electron chi connectivity index (χ2n) is 5.59. The van der Waals surface area contributed by atoms with E-state index in [4.69, 9.17) is 11.6 Å². The molecule has 0 saturated heterocycles. The summed E-state index contributed by atoms with van der Waals surface area (Å²) in [6, 6.07) is 8.79. The van der Waals surface area contributed by atoms with Gasteiger partial charge < -0.3 is 5.32 Å². The average molecular weight is 306 g/mol. The van der Waals surface area contributed by atoms with E-state index in [0.29, 0.717) is 5.92 Å². The molecular formula is C17H24ClN3. The number of hydrogen-bond donors (Lipinski definition) is 1. The molecule has 0 radical (unpaired) electrons. The van der Waals surface area contributed by atoms with Gasteiger partial charge in [0.25, 0.3) is 0 Å². The molecule has 114 valence electrons. The van der Waals surface area contributed by atoms with E-state index in [2.05, 4.69) is 48.5 Å². The Labute approximate surface area is 132 Å². The van der Waals surface area contributed by atoms with E-state index < -0.39 is 0 Å². The average Bonchev–Trinajstić information content (AvgIpc) is 2.73. The van der Waals surface area contributed by atoms with E-state index in [-0.39, 0.29) is 0 Å². The highest BCUT2D eigenvalue weighted by atomic mass is 35.5. The van der Waals surface area contributed by atoms with E-state index >= 15 is 0 Å². The quantitative estimate of drug-likeness (QED) is 0.877. The van der Waals surface area contributed by atoms with Crippen molar-refractivity contribution in [3.05, 3.63) is 51.8 Å². The van der Waals surface area contributed by atoms with Crippen LogP contribution in [-0.2, 0) is 6.54 Å². The minimum absolute atomic E-state index is 0.530. The van der Waals surface area contributed by atoms with Crippen molar-refractivity contribution < 1.29 is 0 Å². The third kappa shape index (κ3) is 3.86. The van der Waals surface area contributed by atoms with Crippen LogP contribution in [0.5, 0.6) is 0 Å². The van der Waals surface area contributed by atoms with Crippen LogP contribution < -0.4 is 5.32 Å². The predicted octanol–water partition coefficient (Wildman–Crippen LogP) is 3.91. The number of aryl methyl sites for hydroxylation is 1. The van der Waals surface area contributed by atoms with Crippen LogP contribution in [0, 0.1) is 13.8 Å². The maximum Gasteiger partial charge on any atom is 0.0844 e. The third-order valence-corrected chi connectivity index (χ3v) is 4.42. The molecule has 2 rings (SSSR count). The number of benzene rings is 1. The molecule has 1 atom stereocenters. The predicted molar refractivity (Wildman–Crippen MR) is 89.2 cm³/mol. The standard InChI is InChI=1S/C17H24ClN3/c1-5-19-10-12(2)16-8-6-15(7-9-16)11-21-14(4)17(18)13(3)20-21/h6-9,12,19H,5,10-11H2,1-4H3. The molecule has 0 amide bonds. The zero-order chi connectivity index (χ0) is 15.4. The van der Waals surface area contributed by atoms with Gasteiger partial charge in [0, 0.05) is 6.54 Å². The van der Waals surface area contributed by atoms with Crippen LogP contribution in [0.2, 0.25) is 5.02 Å². The molecule has 1 aromatic heterocycles. The molecule has 4 heteroatoms. The minimum Gasteiger partial charge on any atom is -0.316 e. The number of likely N-dealkylation sites (N-methyl/N-ethyl adjacent to an activating group) is 1. The topological polar surface area (TPSA) is 29.9 Å².